The maximum Gasteiger partial charge on any atom is 0.0499 e. The van der Waals surface area contributed by atoms with E-state index < -0.39 is 0 Å². The number of nitrogens with one attached hydrogen (secondary N) is 1. The van der Waals surface area contributed by atoms with Crippen LogP contribution in [0.3, 0.4) is 0 Å². The van der Waals surface area contributed by atoms with E-state index in [1.165, 1.54) is 24.8 Å². The molecule has 0 amide bonds. The normalized spacial score (nSPS) is 17.5. The number of benzene rings is 1. The molecule has 1 aromatic carbocycles. The van der Waals surface area contributed by atoms with E-state index in [0.717, 1.165) is 13.2 Å². The zero-order chi connectivity index (χ0) is 13.0. The van der Waals surface area contributed by atoms with Gasteiger partial charge < -0.3 is 10.1 Å². The highest BCUT2D eigenvalue weighted by Crippen LogP contribution is 2.25. The Morgan fingerprint density at radius 1 is 1.22 bits per heavy atom. The average molecular weight is 247 g/mol. The third kappa shape index (κ3) is 3.33. The lowest BCUT2D eigenvalue weighted by atomic mass is 10.0. The van der Waals surface area contributed by atoms with E-state index in [2.05, 4.69) is 37.4 Å². The summed E-state index contributed by atoms with van der Waals surface area (Å²) in [6, 6.07) is 7.41. The van der Waals surface area contributed by atoms with Gasteiger partial charge in [0.25, 0.3) is 0 Å². The molecule has 0 radical (unpaired) electrons. The Morgan fingerprint density at radius 3 is 2.78 bits per heavy atom. The van der Waals surface area contributed by atoms with Crippen LogP contribution in [0.25, 0.3) is 0 Å². The number of aryl methyl sites for hydroxylation is 2. The summed E-state index contributed by atoms with van der Waals surface area (Å²) < 4.78 is 5.16. The summed E-state index contributed by atoms with van der Waals surface area (Å²) in [5.74, 6) is 0.562. The molecule has 0 saturated carbocycles. The molecule has 0 fully saturated rings. The van der Waals surface area contributed by atoms with Crippen LogP contribution in [0, 0.1) is 5.92 Å². The first-order valence-electron chi connectivity index (χ1n) is 7.04. The van der Waals surface area contributed by atoms with Crippen LogP contribution in [-0.2, 0) is 17.6 Å². The lowest BCUT2D eigenvalue weighted by Gasteiger charge is -2.18. The van der Waals surface area contributed by atoms with Gasteiger partial charge >= 0.3 is 0 Å². The number of methoxy groups -OCH3 is 1. The second-order valence-corrected chi connectivity index (χ2v) is 5.57. The number of ether oxygens (including phenoxy) is 1. The van der Waals surface area contributed by atoms with Crippen molar-refractivity contribution >= 4 is 0 Å². The van der Waals surface area contributed by atoms with Crippen molar-refractivity contribution in [3.8, 4) is 0 Å². The summed E-state index contributed by atoms with van der Waals surface area (Å²) in [6.45, 7) is 6.29. The minimum Gasteiger partial charge on any atom is -0.384 e. The van der Waals surface area contributed by atoms with Crippen LogP contribution in [-0.4, -0.2) is 20.3 Å². The van der Waals surface area contributed by atoms with Gasteiger partial charge in [-0.25, -0.2) is 0 Å². The molecule has 2 unspecified atom stereocenters. The van der Waals surface area contributed by atoms with Crippen LogP contribution >= 0.6 is 0 Å². The summed E-state index contributed by atoms with van der Waals surface area (Å²) in [6.07, 6.45) is 3.85. The maximum atomic E-state index is 5.16. The van der Waals surface area contributed by atoms with Gasteiger partial charge in [0.1, 0.15) is 0 Å². The van der Waals surface area contributed by atoms with Gasteiger partial charge in [-0.05, 0) is 48.8 Å². The highest BCUT2D eigenvalue weighted by molar-refractivity contribution is 5.36. The van der Waals surface area contributed by atoms with E-state index in [1.54, 1.807) is 18.2 Å². The molecule has 0 aliphatic heterocycles. The SMILES string of the molecule is COCC(C)CNC(C)c1ccc2c(c1)CCC2. The summed E-state index contributed by atoms with van der Waals surface area (Å²) >= 11 is 0. The zero-order valence-corrected chi connectivity index (χ0v) is 11.8. The largest absolute Gasteiger partial charge is 0.384 e. The molecule has 1 aliphatic rings. The van der Waals surface area contributed by atoms with Crippen LogP contribution in [0.15, 0.2) is 18.2 Å². The van der Waals surface area contributed by atoms with Crippen molar-refractivity contribution in [1.82, 2.24) is 5.32 Å². The van der Waals surface area contributed by atoms with Crippen molar-refractivity contribution in [3.05, 3.63) is 34.9 Å². The van der Waals surface area contributed by atoms with E-state index in [0.29, 0.717) is 12.0 Å². The molecule has 2 atom stereocenters. The molecule has 0 aromatic heterocycles. The predicted molar refractivity (Wildman–Crippen MR) is 75.9 cm³/mol. The molecule has 1 aliphatic carbocycles. The zero-order valence-electron chi connectivity index (χ0n) is 11.8. The fourth-order valence-corrected chi connectivity index (χ4v) is 2.70. The Labute approximate surface area is 111 Å². The quantitative estimate of drug-likeness (QED) is 0.834. The minimum absolute atomic E-state index is 0.426. The first kappa shape index (κ1) is 13.6. The van der Waals surface area contributed by atoms with Crippen LogP contribution < -0.4 is 5.32 Å². The highest BCUT2D eigenvalue weighted by Gasteiger charge is 2.13. The van der Waals surface area contributed by atoms with E-state index in [4.69, 9.17) is 4.74 Å². The van der Waals surface area contributed by atoms with Gasteiger partial charge in [0.05, 0.1) is 0 Å². The van der Waals surface area contributed by atoms with Crippen LogP contribution in [0.4, 0.5) is 0 Å². The minimum atomic E-state index is 0.426. The molecule has 100 valence electrons. The molecule has 2 rings (SSSR count). The second-order valence-electron chi connectivity index (χ2n) is 5.57. The third-order valence-corrected chi connectivity index (χ3v) is 3.85. The number of hydrogen-bond acceptors (Lipinski definition) is 2. The molecule has 2 heteroatoms. The van der Waals surface area contributed by atoms with Crippen molar-refractivity contribution in [2.24, 2.45) is 5.92 Å². The molecular formula is C16H25NO. The second kappa shape index (κ2) is 6.35. The monoisotopic (exact) mass is 247 g/mol. The van der Waals surface area contributed by atoms with Crippen molar-refractivity contribution in [2.45, 2.75) is 39.2 Å². The Balaban J connectivity index is 1.90. The van der Waals surface area contributed by atoms with Gasteiger partial charge in [0, 0.05) is 26.3 Å². The Morgan fingerprint density at radius 2 is 2.00 bits per heavy atom. The smallest absolute Gasteiger partial charge is 0.0499 e. The van der Waals surface area contributed by atoms with Crippen molar-refractivity contribution in [3.63, 3.8) is 0 Å². The van der Waals surface area contributed by atoms with E-state index in [-0.39, 0.29) is 0 Å². The van der Waals surface area contributed by atoms with E-state index in [9.17, 15) is 0 Å². The summed E-state index contributed by atoms with van der Waals surface area (Å²) in [7, 11) is 1.76. The Kier molecular flexibility index (Phi) is 4.79. The molecular weight excluding hydrogens is 222 g/mol. The number of fused-ring (bicyclic) bond motifs is 1. The van der Waals surface area contributed by atoms with Crippen LogP contribution in [0.2, 0.25) is 0 Å². The lowest BCUT2D eigenvalue weighted by Crippen LogP contribution is -2.26. The van der Waals surface area contributed by atoms with Gasteiger partial charge in [-0.2, -0.15) is 0 Å². The fraction of sp³-hybridized carbons (Fsp3) is 0.625. The molecule has 2 nitrogen and oxygen atoms in total. The third-order valence-electron chi connectivity index (χ3n) is 3.85. The van der Waals surface area contributed by atoms with Gasteiger partial charge in [-0.3, -0.25) is 0 Å². The molecule has 0 bridgehead atoms. The average Bonchev–Trinajstić information content (AvgIpc) is 2.83. The van der Waals surface area contributed by atoms with Gasteiger partial charge in [-0.15, -0.1) is 0 Å². The molecule has 18 heavy (non-hydrogen) atoms. The molecule has 1 N–H and O–H groups in total. The standard InChI is InChI=1S/C16H25NO/c1-12(11-18-3)10-17-13(2)15-8-7-14-5-4-6-16(14)9-15/h7-9,12-13,17H,4-6,10-11H2,1-3H3. The topological polar surface area (TPSA) is 21.3 Å². The van der Waals surface area contributed by atoms with Crippen molar-refractivity contribution < 1.29 is 4.74 Å². The lowest BCUT2D eigenvalue weighted by molar-refractivity contribution is 0.157. The molecule has 0 spiro atoms. The summed E-state index contributed by atoms with van der Waals surface area (Å²) in [4.78, 5) is 0. The summed E-state index contributed by atoms with van der Waals surface area (Å²) in [5, 5.41) is 3.59. The van der Waals surface area contributed by atoms with E-state index >= 15 is 0 Å². The van der Waals surface area contributed by atoms with Crippen LogP contribution in [0.5, 0.6) is 0 Å². The van der Waals surface area contributed by atoms with Crippen LogP contribution in [0.1, 0.15) is 43.0 Å². The fourth-order valence-electron chi connectivity index (χ4n) is 2.70. The maximum absolute atomic E-state index is 5.16. The highest BCUT2D eigenvalue weighted by atomic mass is 16.5. The first-order valence-corrected chi connectivity index (χ1v) is 7.04. The molecule has 0 heterocycles. The van der Waals surface area contributed by atoms with Crippen molar-refractivity contribution in [2.75, 3.05) is 20.3 Å². The number of hydrogen-bond donors (Lipinski definition) is 1. The number of rotatable bonds is 6. The van der Waals surface area contributed by atoms with Crippen molar-refractivity contribution in [1.29, 1.82) is 0 Å². The first-order chi connectivity index (χ1) is 8.70. The van der Waals surface area contributed by atoms with Gasteiger partial charge in [0.15, 0.2) is 0 Å². The summed E-state index contributed by atoms with van der Waals surface area (Å²) in [5.41, 5.74) is 4.53. The Bertz CT molecular complexity index is 389. The van der Waals surface area contributed by atoms with Gasteiger partial charge in [-0.1, -0.05) is 25.1 Å². The van der Waals surface area contributed by atoms with E-state index in [1.807, 2.05) is 0 Å². The molecule has 1 aromatic rings. The molecule has 0 saturated heterocycles. The Hall–Kier alpha value is -0.860. The van der Waals surface area contributed by atoms with Gasteiger partial charge in [0.2, 0.25) is 0 Å². The predicted octanol–water partition coefficient (Wildman–Crippen LogP) is 3.11.